The number of amides is 2. The van der Waals surface area contributed by atoms with Gasteiger partial charge in [-0.15, -0.1) is 0 Å². The molecule has 2 aromatic heterocycles. The van der Waals surface area contributed by atoms with Gasteiger partial charge in [0, 0.05) is 48.0 Å². The van der Waals surface area contributed by atoms with Crippen molar-refractivity contribution >= 4 is 45.1 Å². The van der Waals surface area contributed by atoms with E-state index >= 15 is 0 Å². The number of fused-ring (bicyclic) bond motifs is 8. The van der Waals surface area contributed by atoms with Crippen molar-refractivity contribution in [3.05, 3.63) is 81.7 Å². The van der Waals surface area contributed by atoms with Crippen molar-refractivity contribution in [1.29, 1.82) is 0 Å². The van der Waals surface area contributed by atoms with Crippen LogP contribution in [0.2, 0.25) is 0 Å². The van der Waals surface area contributed by atoms with Crippen LogP contribution in [0.3, 0.4) is 0 Å². The Morgan fingerprint density at radius 1 is 0.952 bits per heavy atom. The lowest BCUT2D eigenvalue weighted by atomic mass is 9.85. The summed E-state index contributed by atoms with van der Waals surface area (Å²) in [7, 11) is 1.70. The predicted octanol–water partition coefficient (Wildman–Crippen LogP) is 7.00. The third-order valence-electron chi connectivity index (χ3n) is 9.19. The summed E-state index contributed by atoms with van der Waals surface area (Å²) in [5, 5.41) is 2.61. The monoisotopic (exact) mass is 563 g/mol. The van der Waals surface area contributed by atoms with Gasteiger partial charge in [-0.2, -0.15) is 0 Å². The lowest BCUT2D eigenvalue weighted by Gasteiger charge is -2.20. The van der Waals surface area contributed by atoms with Gasteiger partial charge in [-0.1, -0.05) is 26.5 Å². The molecule has 0 radical (unpaired) electrons. The molecule has 0 spiro atoms. The molecular weight excluding hydrogens is 526 g/mol. The summed E-state index contributed by atoms with van der Waals surface area (Å²) < 4.78 is 5.36. The fourth-order valence-corrected chi connectivity index (χ4v) is 6.77. The van der Waals surface area contributed by atoms with Crippen LogP contribution in [0, 0.1) is 6.92 Å². The highest BCUT2D eigenvalue weighted by Crippen LogP contribution is 2.44. The number of hydrogen-bond acceptors (Lipinski definition) is 5. The molecule has 4 aliphatic heterocycles. The number of carbonyl (C=O) groups excluding carboxylic acids is 2. The van der Waals surface area contributed by atoms with E-state index in [2.05, 4.69) is 55.6 Å². The molecule has 0 unspecified atom stereocenters. The number of aromatic nitrogens is 4. The quantitative estimate of drug-likeness (QED) is 0.259. The molecule has 6 rings (SSSR count). The minimum Gasteiger partial charge on any atom is -0.385 e. The van der Waals surface area contributed by atoms with E-state index in [9.17, 15) is 9.59 Å². The van der Waals surface area contributed by atoms with Gasteiger partial charge in [-0.25, -0.2) is 9.97 Å². The fourth-order valence-electron chi connectivity index (χ4n) is 6.77. The summed E-state index contributed by atoms with van der Waals surface area (Å²) in [6, 6.07) is 6.14. The maximum absolute atomic E-state index is 13.6. The number of H-pyrrole nitrogens is 2. The molecule has 0 aromatic carbocycles. The van der Waals surface area contributed by atoms with Crippen LogP contribution in [-0.4, -0.2) is 45.5 Å². The minimum absolute atomic E-state index is 0.0216. The van der Waals surface area contributed by atoms with Crippen LogP contribution in [0.15, 0.2) is 30.9 Å². The molecule has 3 N–H and O–H groups in total. The molecule has 8 nitrogen and oxygen atoms in total. The van der Waals surface area contributed by atoms with Gasteiger partial charge in [0.15, 0.2) is 0 Å². The summed E-state index contributed by atoms with van der Waals surface area (Å²) in [4.78, 5) is 44.0. The van der Waals surface area contributed by atoms with Crippen molar-refractivity contribution in [3.63, 3.8) is 0 Å². The van der Waals surface area contributed by atoms with Gasteiger partial charge in [-0.3, -0.25) is 14.9 Å². The Labute approximate surface area is 245 Å². The largest absolute Gasteiger partial charge is 0.385 e. The first kappa shape index (κ1) is 27.8. The zero-order chi connectivity index (χ0) is 29.9. The maximum atomic E-state index is 13.6. The molecule has 0 fully saturated rings. The number of nitrogens with one attached hydrogen (secondary N) is 3. The van der Waals surface area contributed by atoms with Gasteiger partial charge in [0.1, 0.15) is 0 Å². The van der Waals surface area contributed by atoms with Gasteiger partial charge in [-0.05, 0) is 80.5 Å². The summed E-state index contributed by atoms with van der Waals surface area (Å²) >= 11 is 0. The Hall–Kier alpha value is -4.30. The second-order valence-corrected chi connectivity index (χ2v) is 11.5. The second-order valence-electron chi connectivity index (χ2n) is 11.5. The Bertz CT molecular complexity index is 1820. The Morgan fingerprint density at radius 2 is 1.67 bits per heavy atom. The van der Waals surface area contributed by atoms with E-state index in [1.807, 2.05) is 25.1 Å². The number of imide groups is 1. The predicted molar refractivity (Wildman–Crippen MR) is 167 cm³/mol. The number of rotatable bonds is 6. The molecule has 216 valence electrons. The van der Waals surface area contributed by atoms with Crippen LogP contribution >= 0.6 is 0 Å². The standard InChI is InChI=1S/C34H37N5O3/c1-8-20-16(3)23-13-25-18(5)22(11-10-12-42-7)31(37-25)30-32-29(33(40)39-34(30)41)19(6)26(38-32)15-28-21(9-2)17(4)24(36-28)14-27(20)35-23/h8,13-15,18,22,37-38H,1,9-12H2,2-7H3,(H,39,40,41)/t18-,22-/m0/s1. The van der Waals surface area contributed by atoms with Crippen LogP contribution in [-0.2, 0) is 4.74 Å². The Morgan fingerprint density at radius 3 is 2.38 bits per heavy atom. The van der Waals surface area contributed by atoms with Crippen LogP contribution < -0.4 is 5.32 Å². The van der Waals surface area contributed by atoms with Gasteiger partial charge < -0.3 is 14.7 Å². The van der Waals surface area contributed by atoms with E-state index in [4.69, 9.17) is 14.7 Å². The Kier molecular flexibility index (Phi) is 6.97. The highest BCUT2D eigenvalue weighted by Gasteiger charge is 2.36. The first-order valence-electron chi connectivity index (χ1n) is 14.6. The second kappa shape index (κ2) is 10.5. The molecule has 8 bridgehead atoms. The molecule has 2 atom stereocenters. The van der Waals surface area contributed by atoms with Crippen molar-refractivity contribution in [2.45, 2.75) is 65.7 Å². The average Bonchev–Trinajstić information content (AvgIpc) is 3.63. The number of aryl methyl sites for hydroxylation is 1. The lowest BCUT2D eigenvalue weighted by molar-refractivity contribution is 0.0843. The number of aromatic amines is 2. The number of methoxy groups -OCH3 is 1. The van der Waals surface area contributed by atoms with Crippen molar-refractivity contribution in [2.75, 3.05) is 13.7 Å². The molecular formula is C34H37N5O3. The van der Waals surface area contributed by atoms with Crippen molar-refractivity contribution in [3.8, 4) is 0 Å². The van der Waals surface area contributed by atoms with E-state index in [0.29, 0.717) is 23.3 Å². The highest BCUT2D eigenvalue weighted by atomic mass is 16.5. The summed E-state index contributed by atoms with van der Waals surface area (Å²) in [5.41, 5.74) is 12.5. The summed E-state index contributed by atoms with van der Waals surface area (Å²) in [5.74, 6) is -0.685. The van der Waals surface area contributed by atoms with Crippen molar-refractivity contribution in [1.82, 2.24) is 25.3 Å². The van der Waals surface area contributed by atoms with Crippen LogP contribution in [0.5, 0.6) is 0 Å². The molecule has 8 heteroatoms. The molecule has 0 saturated heterocycles. The normalized spacial score (nSPS) is 18.9. The summed E-state index contributed by atoms with van der Waals surface area (Å²) in [6.45, 7) is 15.1. The smallest absolute Gasteiger partial charge is 0.262 e. The first-order valence-corrected chi connectivity index (χ1v) is 14.6. The fraction of sp³-hybridized carbons (Fsp3) is 0.353. The minimum atomic E-state index is -0.402. The van der Waals surface area contributed by atoms with Crippen LogP contribution in [0.1, 0.15) is 119 Å². The number of nitrogens with zero attached hydrogens (tertiary/aromatic N) is 2. The molecule has 0 saturated carbocycles. The van der Waals surface area contributed by atoms with Crippen molar-refractivity contribution < 1.29 is 14.3 Å². The maximum Gasteiger partial charge on any atom is 0.262 e. The topological polar surface area (TPSA) is 113 Å². The first-order chi connectivity index (χ1) is 20.2. The van der Waals surface area contributed by atoms with Crippen molar-refractivity contribution in [2.24, 2.45) is 0 Å². The summed E-state index contributed by atoms with van der Waals surface area (Å²) in [6.07, 6.45) is 4.31. The van der Waals surface area contributed by atoms with E-state index in [0.717, 1.165) is 86.8 Å². The zero-order valence-corrected chi connectivity index (χ0v) is 25.1. The molecule has 4 aliphatic rings. The number of allylic oxidation sites excluding steroid dienone is 5. The molecule has 0 aliphatic carbocycles. The molecule has 2 aromatic rings. The van der Waals surface area contributed by atoms with Crippen LogP contribution in [0.4, 0.5) is 0 Å². The molecule has 2 amide bonds. The number of carbonyl (C=O) groups is 2. The van der Waals surface area contributed by atoms with Crippen LogP contribution in [0.25, 0.3) is 33.3 Å². The lowest BCUT2D eigenvalue weighted by Crippen LogP contribution is -2.35. The average molecular weight is 564 g/mol. The van der Waals surface area contributed by atoms with Gasteiger partial charge in [0.25, 0.3) is 11.8 Å². The van der Waals surface area contributed by atoms with E-state index in [-0.39, 0.29) is 17.7 Å². The van der Waals surface area contributed by atoms with E-state index in [1.54, 1.807) is 7.11 Å². The van der Waals surface area contributed by atoms with Gasteiger partial charge >= 0.3 is 0 Å². The number of hydrogen-bond donors (Lipinski definition) is 3. The molecule has 6 heterocycles. The SMILES string of the molecule is C=CC1=C(C)c2cc3[nH]c(c4c5[nH]c(cc6nc(cc1n2)C(C)=C6CC)c(C)c5C(=O)NC4=O)[C@@H](CCCOC)[C@@H]3C. The van der Waals surface area contributed by atoms with E-state index < -0.39 is 5.91 Å². The number of ether oxygens (including phenoxy) is 1. The third kappa shape index (κ3) is 4.24. The third-order valence-corrected chi connectivity index (χ3v) is 9.19. The highest BCUT2D eigenvalue weighted by molar-refractivity contribution is 6.23. The zero-order valence-electron chi connectivity index (χ0n) is 25.1. The van der Waals surface area contributed by atoms with Gasteiger partial charge in [0.2, 0.25) is 0 Å². The van der Waals surface area contributed by atoms with Gasteiger partial charge in [0.05, 0.1) is 39.4 Å². The molecule has 42 heavy (non-hydrogen) atoms. The Balaban J connectivity index is 1.78. The van der Waals surface area contributed by atoms with E-state index in [1.165, 1.54) is 0 Å².